The van der Waals surface area contributed by atoms with Crippen molar-refractivity contribution in [3.05, 3.63) is 32.2 Å². The van der Waals surface area contributed by atoms with Crippen LogP contribution in [0.3, 0.4) is 0 Å². The average Bonchev–Trinajstić information content (AvgIpc) is 3.92. The molecule has 0 spiro atoms. The SMILES string of the molecule is CCC(C)[C@@H]1NC(=O)c2csc(n2)[C@@H](C(C)C)NC(=O)[C@H]2N=C(O[C@@H]2C)[C@H](C(C)CC)NC(=O)c2csc(n2)[C@@H](C(C)C)NC(=O)[C@@H]2COC1=N2. The normalized spacial score (nSPS) is 28.7. The van der Waals surface area contributed by atoms with Gasteiger partial charge in [-0.1, -0.05) is 68.2 Å². The Labute approximate surface area is 307 Å². The van der Waals surface area contributed by atoms with E-state index in [9.17, 15) is 19.2 Å². The smallest absolute Gasteiger partial charge is 0.271 e. The zero-order chi connectivity index (χ0) is 37.1. The van der Waals surface area contributed by atoms with Crippen LogP contribution in [0.4, 0.5) is 0 Å². The maximum absolute atomic E-state index is 13.8. The fourth-order valence-electron chi connectivity index (χ4n) is 6.03. The summed E-state index contributed by atoms with van der Waals surface area (Å²) in [7, 11) is 0. The molecule has 4 amide bonds. The highest BCUT2D eigenvalue weighted by Crippen LogP contribution is 2.29. The number of carbonyl (C=O) groups is 4. The molecule has 0 radical (unpaired) electrons. The van der Waals surface area contributed by atoms with Crippen molar-refractivity contribution in [2.24, 2.45) is 33.7 Å². The molecule has 278 valence electrons. The van der Waals surface area contributed by atoms with Crippen LogP contribution in [0.25, 0.3) is 0 Å². The molecule has 8 bridgehead atoms. The van der Waals surface area contributed by atoms with Crippen LogP contribution >= 0.6 is 22.7 Å². The van der Waals surface area contributed by atoms with Gasteiger partial charge in [0, 0.05) is 10.8 Å². The van der Waals surface area contributed by atoms with E-state index in [1.807, 2.05) is 55.4 Å². The van der Waals surface area contributed by atoms with E-state index in [-0.39, 0.29) is 65.3 Å². The summed E-state index contributed by atoms with van der Waals surface area (Å²) in [4.78, 5) is 73.2. The Hall–Kier alpha value is -3.92. The molecule has 4 N–H and O–H groups in total. The van der Waals surface area contributed by atoms with Crippen molar-refractivity contribution in [2.75, 3.05) is 6.61 Å². The first-order valence-corrected chi connectivity index (χ1v) is 19.6. The number of thiazole rings is 2. The molecule has 2 unspecified atom stereocenters. The van der Waals surface area contributed by atoms with Gasteiger partial charge in [0.2, 0.25) is 23.6 Å². The number of nitrogens with zero attached hydrogens (tertiary/aromatic N) is 4. The van der Waals surface area contributed by atoms with Gasteiger partial charge in [-0.05, 0) is 30.6 Å². The summed E-state index contributed by atoms with van der Waals surface area (Å²) < 4.78 is 12.1. The summed E-state index contributed by atoms with van der Waals surface area (Å²) >= 11 is 2.57. The molecule has 5 heterocycles. The third-order valence-electron chi connectivity index (χ3n) is 9.76. The Morgan fingerprint density at radius 1 is 0.706 bits per heavy atom. The molecule has 14 nitrogen and oxygen atoms in total. The molecule has 2 aromatic heterocycles. The van der Waals surface area contributed by atoms with Gasteiger partial charge in [0.15, 0.2) is 12.1 Å². The van der Waals surface area contributed by atoms with Gasteiger partial charge in [0.1, 0.15) is 46.2 Å². The topological polar surface area (TPSA) is 185 Å². The Balaban J connectivity index is 1.53. The number of hydrogen-bond donors (Lipinski definition) is 4. The van der Waals surface area contributed by atoms with Crippen molar-refractivity contribution >= 4 is 58.1 Å². The van der Waals surface area contributed by atoms with Gasteiger partial charge >= 0.3 is 0 Å². The van der Waals surface area contributed by atoms with Crippen molar-refractivity contribution in [3.8, 4) is 0 Å². The molecule has 0 saturated heterocycles. The molecular weight excluding hydrogens is 693 g/mol. The van der Waals surface area contributed by atoms with Gasteiger partial charge in [-0.15, -0.1) is 22.7 Å². The largest absolute Gasteiger partial charge is 0.477 e. The van der Waals surface area contributed by atoms with E-state index < -0.39 is 54.2 Å². The number of rotatable bonds is 6. The fraction of sp³-hybridized carbons (Fsp3) is 0.657. The second kappa shape index (κ2) is 16.2. The summed E-state index contributed by atoms with van der Waals surface area (Å²) in [6, 6.07) is -3.85. The van der Waals surface area contributed by atoms with Crippen LogP contribution in [0.1, 0.15) is 118 Å². The molecule has 0 aromatic carbocycles. The lowest BCUT2D eigenvalue weighted by Crippen LogP contribution is -2.45. The number of ether oxygens (including phenoxy) is 2. The molecule has 3 aliphatic rings. The fourth-order valence-corrected chi connectivity index (χ4v) is 8.07. The molecule has 0 aliphatic carbocycles. The van der Waals surface area contributed by atoms with Crippen molar-refractivity contribution in [1.82, 2.24) is 31.2 Å². The Morgan fingerprint density at radius 2 is 1.20 bits per heavy atom. The first-order valence-electron chi connectivity index (χ1n) is 17.8. The van der Waals surface area contributed by atoms with Crippen LogP contribution in [-0.2, 0) is 19.1 Å². The van der Waals surface area contributed by atoms with Crippen LogP contribution < -0.4 is 21.3 Å². The minimum Gasteiger partial charge on any atom is -0.477 e. The second-order valence-electron chi connectivity index (χ2n) is 14.3. The molecule has 9 atom stereocenters. The van der Waals surface area contributed by atoms with Gasteiger partial charge < -0.3 is 30.7 Å². The lowest BCUT2D eigenvalue weighted by atomic mass is 9.98. The number of fused-ring (bicyclic) bond motifs is 6. The van der Waals surface area contributed by atoms with E-state index in [4.69, 9.17) is 14.5 Å². The molecule has 5 rings (SSSR count). The number of amides is 4. The van der Waals surface area contributed by atoms with Crippen LogP contribution in [0, 0.1) is 23.7 Å². The van der Waals surface area contributed by atoms with Crippen molar-refractivity contribution in [1.29, 1.82) is 0 Å². The lowest BCUT2D eigenvalue weighted by Gasteiger charge is -2.24. The average molecular weight is 743 g/mol. The van der Waals surface area contributed by atoms with Crippen LogP contribution in [0.2, 0.25) is 0 Å². The quantitative estimate of drug-likeness (QED) is 0.339. The first kappa shape index (κ1) is 38.3. The minimum atomic E-state index is -0.855. The zero-order valence-corrected chi connectivity index (χ0v) is 32.3. The van der Waals surface area contributed by atoms with Gasteiger partial charge in [-0.25, -0.2) is 20.0 Å². The molecule has 2 aromatic rings. The van der Waals surface area contributed by atoms with Crippen LogP contribution in [0.5, 0.6) is 0 Å². The Bertz CT molecular complexity index is 1670. The molecule has 3 aliphatic heterocycles. The molecule has 0 fully saturated rings. The van der Waals surface area contributed by atoms with Gasteiger partial charge in [0.25, 0.3) is 11.8 Å². The van der Waals surface area contributed by atoms with E-state index >= 15 is 0 Å². The maximum atomic E-state index is 13.8. The Morgan fingerprint density at radius 3 is 1.69 bits per heavy atom. The highest BCUT2D eigenvalue weighted by atomic mass is 32.1. The van der Waals surface area contributed by atoms with Gasteiger partial charge in [-0.3, -0.25) is 19.2 Å². The number of aromatic nitrogens is 2. The van der Waals surface area contributed by atoms with Crippen LogP contribution in [0.15, 0.2) is 20.7 Å². The van der Waals surface area contributed by atoms with E-state index in [2.05, 4.69) is 36.2 Å². The van der Waals surface area contributed by atoms with Crippen molar-refractivity contribution in [2.45, 2.75) is 118 Å². The standard InChI is InChI=1S/C35H50N8O6S2/c1-10-17(7)25-32-36-20(12-48-32)28(44)39-23(15(3)4)34-37-22(14-50-34)30(46)42-26(18(8)11-2)33-43-27(19(9)49-33)31(47)40-24(16(5)6)35-38-21(13-51-35)29(45)41-25/h13-20,23-27H,10-12H2,1-9H3,(H,39,44)(H,40,47)(H,41,45)(H,42,46)/t17?,18?,19-,20+,23-,24-,25+,26+,27+/m1/s1. The Kier molecular flexibility index (Phi) is 12.2. The third kappa shape index (κ3) is 8.43. The van der Waals surface area contributed by atoms with Crippen LogP contribution in [-0.4, -0.2) is 82.3 Å². The first-order chi connectivity index (χ1) is 24.2. The summed E-state index contributed by atoms with van der Waals surface area (Å²) in [6.45, 7) is 17.6. The van der Waals surface area contributed by atoms with Crippen molar-refractivity contribution < 1.29 is 28.7 Å². The van der Waals surface area contributed by atoms with E-state index in [0.717, 1.165) is 6.42 Å². The molecule has 16 heteroatoms. The lowest BCUT2D eigenvalue weighted by molar-refractivity contribution is -0.125. The monoisotopic (exact) mass is 742 g/mol. The van der Waals surface area contributed by atoms with Gasteiger partial charge in [0.05, 0.1) is 12.1 Å². The predicted molar refractivity (Wildman–Crippen MR) is 196 cm³/mol. The zero-order valence-electron chi connectivity index (χ0n) is 30.7. The third-order valence-corrected chi connectivity index (χ3v) is 11.6. The molecule has 51 heavy (non-hydrogen) atoms. The van der Waals surface area contributed by atoms with Gasteiger partial charge in [-0.2, -0.15) is 0 Å². The maximum Gasteiger partial charge on any atom is 0.271 e. The number of aliphatic imine (C=N–C) groups is 2. The molecular formula is C35H50N8O6S2. The number of nitrogens with one attached hydrogen (secondary N) is 4. The number of hydrogen-bond acceptors (Lipinski definition) is 12. The number of carbonyl (C=O) groups excluding carboxylic acids is 4. The predicted octanol–water partition coefficient (Wildman–Crippen LogP) is 4.21. The highest BCUT2D eigenvalue weighted by Gasteiger charge is 2.40. The molecule has 0 saturated carbocycles. The van der Waals surface area contributed by atoms with E-state index in [1.54, 1.807) is 17.7 Å². The van der Waals surface area contributed by atoms with E-state index in [0.29, 0.717) is 16.4 Å². The second-order valence-corrected chi connectivity index (χ2v) is 16.1. The van der Waals surface area contributed by atoms with Crippen molar-refractivity contribution in [3.63, 3.8) is 0 Å². The van der Waals surface area contributed by atoms with E-state index in [1.165, 1.54) is 22.7 Å². The summed E-state index contributed by atoms with van der Waals surface area (Å²) in [5, 5.41) is 16.7. The summed E-state index contributed by atoms with van der Waals surface area (Å²) in [6.07, 6.45) is 0.849. The summed E-state index contributed by atoms with van der Waals surface area (Å²) in [5.41, 5.74) is 0.413. The minimum absolute atomic E-state index is 0.0273. The highest BCUT2D eigenvalue weighted by molar-refractivity contribution is 7.10. The summed E-state index contributed by atoms with van der Waals surface area (Å²) in [5.74, 6) is -1.15.